The number of ether oxygens (including phenoxy) is 1. The van der Waals surface area contributed by atoms with Crippen LogP contribution in [0.2, 0.25) is 0 Å². The van der Waals surface area contributed by atoms with Crippen LogP contribution in [0, 0.1) is 36.5 Å². The first-order chi connectivity index (χ1) is 17.7. The van der Waals surface area contributed by atoms with Crippen LogP contribution >= 0.6 is 0 Å². The number of rotatable bonds is 6. The molecular weight excluding hydrogens is 488 g/mol. The summed E-state index contributed by atoms with van der Waals surface area (Å²) in [7, 11) is -2.74. The first-order valence-electron chi connectivity index (χ1n) is 11.1. The lowest BCUT2D eigenvalue weighted by Gasteiger charge is -2.20. The molecule has 9 heteroatoms. The van der Waals surface area contributed by atoms with E-state index < -0.39 is 15.6 Å². The van der Waals surface area contributed by atoms with Crippen LogP contribution < -0.4 is 15.1 Å². The van der Waals surface area contributed by atoms with Gasteiger partial charge in [-0.2, -0.15) is 18.9 Å². The van der Waals surface area contributed by atoms with E-state index in [0.29, 0.717) is 16.9 Å². The second kappa shape index (κ2) is 10.0. The lowest BCUT2D eigenvalue weighted by molar-refractivity contribution is 0.415. The monoisotopic (exact) mass is 510 g/mol. The molecule has 0 atom stereocenters. The lowest BCUT2D eigenvalue weighted by atomic mass is 9.92. The molecule has 0 radical (unpaired) electrons. The third-order valence-electron chi connectivity index (χ3n) is 5.85. The first-order valence-corrected chi connectivity index (χ1v) is 12.6. The van der Waals surface area contributed by atoms with Gasteiger partial charge in [-0.3, -0.25) is 4.79 Å². The summed E-state index contributed by atoms with van der Waals surface area (Å²) in [5.74, 6) is 0.554. The van der Waals surface area contributed by atoms with Crippen molar-refractivity contribution in [2.45, 2.75) is 18.7 Å². The number of hydrogen-bond donors (Lipinski definition) is 1. The molecule has 4 rings (SSSR count). The van der Waals surface area contributed by atoms with Gasteiger partial charge in [0.05, 0.1) is 23.3 Å². The first kappa shape index (κ1) is 25.2. The molecule has 0 amide bonds. The van der Waals surface area contributed by atoms with Gasteiger partial charge in [0, 0.05) is 11.1 Å². The number of benzene rings is 3. The van der Waals surface area contributed by atoms with E-state index in [-0.39, 0.29) is 27.3 Å². The minimum Gasteiger partial charge on any atom is -0.497 e. The molecule has 0 aliphatic rings. The number of methoxy groups -OCH3 is 1. The topological polar surface area (TPSA) is 125 Å². The van der Waals surface area contributed by atoms with Gasteiger partial charge in [-0.25, -0.2) is 9.51 Å². The molecule has 0 bridgehead atoms. The summed E-state index contributed by atoms with van der Waals surface area (Å²) in [5.41, 5.74) is 1.48. The van der Waals surface area contributed by atoms with Crippen molar-refractivity contribution in [3.63, 3.8) is 0 Å². The Morgan fingerprint density at radius 3 is 1.81 bits per heavy atom. The Morgan fingerprint density at radius 2 is 1.30 bits per heavy atom. The molecule has 0 unspecified atom stereocenters. The molecule has 1 N–H and O–H groups in total. The van der Waals surface area contributed by atoms with Crippen molar-refractivity contribution in [3.8, 4) is 40.3 Å². The fraction of sp³-hybridized carbons (Fsp3) is 0.107. The second-order valence-corrected chi connectivity index (χ2v) is 10.0. The van der Waals surface area contributed by atoms with Crippen molar-refractivity contribution in [2.75, 3.05) is 11.9 Å². The second-order valence-electron chi connectivity index (χ2n) is 8.34. The van der Waals surface area contributed by atoms with E-state index >= 15 is 0 Å². The Bertz CT molecular complexity index is 1730. The lowest BCUT2D eigenvalue weighted by Crippen LogP contribution is -2.36. The van der Waals surface area contributed by atoms with E-state index in [0.717, 1.165) is 15.8 Å². The highest BCUT2D eigenvalue weighted by Gasteiger charge is 2.27. The molecule has 8 nitrogen and oxygen atoms in total. The molecule has 0 saturated carbocycles. The highest BCUT2D eigenvalue weighted by atomic mass is 32.2. The summed E-state index contributed by atoms with van der Waals surface area (Å²) >= 11 is 0. The maximum atomic E-state index is 13.7. The zero-order valence-electron chi connectivity index (χ0n) is 20.3. The summed E-state index contributed by atoms with van der Waals surface area (Å²) in [6.45, 7) is 3.70. The van der Waals surface area contributed by atoms with E-state index in [1.165, 1.54) is 19.2 Å². The van der Waals surface area contributed by atoms with Crippen LogP contribution in [0.3, 0.4) is 0 Å². The number of pyridine rings is 1. The molecule has 37 heavy (non-hydrogen) atoms. The smallest absolute Gasteiger partial charge is 0.288 e. The predicted octanol–water partition coefficient (Wildman–Crippen LogP) is 4.48. The molecule has 0 aliphatic carbocycles. The standard InChI is InChI=1S/C28H22N4O4S/c1-18-4-8-21(9-5-18)27-24(16-29)26(20-10-12-22(36-3)13-11-20)25(17-30)28(33)32(27)31-37(34,35)23-14-6-19(2)7-15-23/h4-15,31H,1-3H3. The van der Waals surface area contributed by atoms with Crippen molar-refractivity contribution in [1.29, 1.82) is 10.5 Å². The van der Waals surface area contributed by atoms with Crippen LogP contribution in [-0.2, 0) is 10.0 Å². The van der Waals surface area contributed by atoms with Crippen LogP contribution in [0.1, 0.15) is 22.3 Å². The SMILES string of the molecule is COc1ccc(-c2c(C#N)c(-c3ccc(C)cc3)n(NS(=O)(=O)c3ccc(C)cc3)c(=O)c2C#N)cc1. The zero-order chi connectivity index (χ0) is 26.7. The van der Waals surface area contributed by atoms with Gasteiger partial charge >= 0.3 is 0 Å². The van der Waals surface area contributed by atoms with Gasteiger partial charge in [0.2, 0.25) is 0 Å². The summed E-state index contributed by atoms with van der Waals surface area (Å²) in [6, 6.07) is 23.6. The molecule has 0 saturated heterocycles. The fourth-order valence-electron chi connectivity index (χ4n) is 3.90. The van der Waals surface area contributed by atoms with Gasteiger partial charge in [0.15, 0.2) is 0 Å². The molecule has 0 spiro atoms. The fourth-order valence-corrected chi connectivity index (χ4v) is 4.91. The number of aryl methyl sites for hydroxylation is 2. The Kier molecular flexibility index (Phi) is 6.83. The van der Waals surface area contributed by atoms with Crippen molar-refractivity contribution >= 4 is 10.0 Å². The molecule has 0 fully saturated rings. The zero-order valence-corrected chi connectivity index (χ0v) is 21.1. The minimum atomic E-state index is -4.25. The summed E-state index contributed by atoms with van der Waals surface area (Å²) in [5, 5.41) is 20.3. The van der Waals surface area contributed by atoms with E-state index in [1.54, 1.807) is 60.7 Å². The van der Waals surface area contributed by atoms with Gasteiger partial charge in [-0.15, -0.1) is 0 Å². The number of nitrogens with one attached hydrogen (secondary N) is 1. The van der Waals surface area contributed by atoms with Crippen LogP contribution in [0.5, 0.6) is 5.75 Å². The molecule has 3 aromatic carbocycles. The predicted molar refractivity (Wildman–Crippen MR) is 140 cm³/mol. The summed E-state index contributed by atoms with van der Waals surface area (Å²) in [6.07, 6.45) is 0. The van der Waals surface area contributed by atoms with Crippen LogP contribution in [0.4, 0.5) is 0 Å². The largest absolute Gasteiger partial charge is 0.497 e. The van der Waals surface area contributed by atoms with Gasteiger partial charge in [-0.1, -0.05) is 59.7 Å². The van der Waals surface area contributed by atoms with Gasteiger partial charge in [0.1, 0.15) is 23.5 Å². The molecule has 4 aromatic rings. The summed E-state index contributed by atoms with van der Waals surface area (Å²) in [4.78, 5) is 15.9. The third-order valence-corrected chi connectivity index (χ3v) is 7.16. The van der Waals surface area contributed by atoms with Crippen molar-refractivity contribution in [2.24, 2.45) is 0 Å². The van der Waals surface area contributed by atoms with Crippen molar-refractivity contribution in [1.82, 2.24) is 4.68 Å². The average Bonchev–Trinajstić information content (AvgIpc) is 2.90. The molecule has 1 heterocycles. The Morgan fingerprint density at radius 1 is 0.784 bits per heavy atom. The molecule has 0 aliphatic heterocycles. The number of sulfonamides is 1. The van der Waals surface area contributed by atoms with E-state index in [1.807, 2.05) is 19.9 Å². The number of aromatic nitrogens is 1. The van der Waals surface area contributed by atoms with Crippen LogP contribution in [-0.4, -0.2) is 20.2 Å². The number of nitriles is 2. The Balaban J connectivity index is 2.07. The molecular formula is C28H22N4O4S. The van der Waals surface area contributed by atoms with Crippen LogP contribution in [0.25, 0.3) is 22.4 Å². The Labute approximate surface area is 214 Å². The van der Waals surface area contributed by atoms with Crippen LogP contribution in [0.15, 0.2) is 82.5 Å². The number of nitrogens with zero attached hydrogens (tertiary/aromatic N) is 3. The maximum Gasteiger partial charge on any atom is 0.288 e. The normalized spacial score (nSPS) is 10.8. The summed E-state index contributed by atoms with van der Waals surface area (Å²) < 4.78 is 32.5. The van der Waals surface area contributed by atoms with E-state index in [4.69, 9.17) is 4.74 Å². The van der Waals surface area contributed by atoms with Crippen molar-refractivity contribution in [3.05, 3.63) is 105 Å². The van der Waals surface area contributed by atoms with Gasteiger partial charge in [0.25, 0.3) is 15.6 Å². The van der Waals surface area contributed by atoms with Crippen molar-refractivity contribution < 1.29 is 13.2 Å². The average molecular weight is 511 g/mol. The quantitative estimate of drug-likeness (QED) is 0.408. The maximum absolute atomic E-state index is 13.7. The third kappa shape index (κ3) is 4.81. The molecule has 1 aromatic heterocycles. The minimum absolute atomic E-state index is 0.0213. The highest BCUT2D eigenvalue weighted by molar-refractivity contribution is 7.92. The van der Waals surface area contributed by atoms with E-state index in [9.17, 15) is 23.7 Å². The van der Waals surface area contributed by atoms with Gasteiger partial charge < -0.3 is 4.74 Å². The highest BCUT2D eigenvalue weighted by Crippen LogP contribution is 2.34. The van der Waals surface area contributed by atoms with E-state index in [2.05, 4.69) is 10.9 Å². The molecule has 184 valence electrons. The Hall–Kier alpha value is -4.86. The number of hydrogen-bond acceptors (Lipinski definition) is 6. The van der Waals surface area contributed by atoms with Gasteiger partial charge in [-0.05, 0) is 43.7 Å².